The summed E-state index contributed by atoms with van der Waals surface area (Å²) in [6.07, 6.45) is 1.63. The Bertz CT molecular complexity index is 630. The maximum absolute atomic E-state index is 12.1. The van der Waals surface area contributed by atoms with Gasteiger partial charge in [0.25, 0.3) is 0 Å². The molecule has 1 aromatic heterocycles. The molecular formula is C11H11BrN6O3. The molecule has 2 rings (SSSR count). The number of esters is 1. The van der Waals surface area contributed by atoms with Crippen molar-refractivity contribution in [1.29, 1.82) is 0 Å². The highest BCUT2D eigenvalue weighted by atomic mass is 79.9. The molecule has 0 aromatic carbocycles. The Morgan fingerprint density at radius 3 is 3.14 bits per heavy atom. The van der Waals surface area contributed by atoms with Crippen LogP contribution in [0.25, 0.3) is 10.4 Å². The number of azide groups is 1. The maximum Gasteiger partial charge on any atom is 0.360 e. The average molecular weight is 355 g/mol. The average Bonchev–Trinajstić information content (AvgIpc) is 2.85. The zero-order valence-electron chi connectivity index (χ0n) is 11.1. The van der Waals surface area contributed by atoms with E-state index in [1.165, 1.54) is 18.2 Å². The number of carbonyl (C=O) groups is 2. The summed E-state index contributed by atoms with van der Waals surface area (Å²) in [6, 6.07) is 0. The molecule has 1 aliphatic rings. The molecule has 0 bridgehead atoms. The summed E-state index contributed by atoms with van der Waals surface area (Å²) in [5.41, 5.74) is 8.29. The van der Waals surface area contributed by atoms with Gasteiger partial charge in [0.1, 0.15) is 4.60 Å². The molecule has 1 saturated heterocycles. The molecular weight excluding hydrogens is 344 g/mol. The SMILES string of the molecule is COC(=O)c1nc(Br)cnc1N1CC(CN=[N+]=[N-])CC1=O. The van der Waals surface area contributed by atoms with Gasteiger partial charge in [0.05, 0.1) is 13.3 Å². The number of ether oxygens (including phenoxy) is 1. The number of hydrogen-bond acceptors (Lipinski definition) is 6. The summed E-state index contributed by atoms with van der Waals surface area (Å²) in [5.74, 6) is -0.831. The van der Waals surface area contributed by atoms with E-state index < -0.39 is 5.97 Å². The second-order valence-corrected chi connectivity index (χ2v) is 5.16. The van der Waals surface area contributed by atoms with Crippen LogP contribution in [0.3, 0.4) is 0 Å². The summed E-state index contributed by atoms with van der Waals surface area (Å²) >= 11 is 3.12. The summed E-state index contributed by atoms with van der Waals surface area (Å²) < 4.78 is 5.02. The van der Waals surface area contributed by atoms with Crippen LogP contribution in [0.5, 0.6) is 0 Å². The first kappa shape index (κ1) is 15.2. The fraction of sp³-hybridized carbons (Fsp3) is 0.455. The predicted octanol–water partition coefficient (Wildman–Crippen LogP) is 1.69. The monoisotopic (exact) mass is 354 g/mol. The van der Waals surface area contributed by atoms with Gasteiger partial charge >= 0.3 is 5.97 Å². The first-order valence-electron chi connectivity index (χ1n) is 5.99. The molecule has 2 heterocycles. The van der Waals surface area contributed by atoms with Crippen LogP contribution in [0, 0.1) is 5.92 Å². The molecule has 10 heteroatoms. The maximum atomic E-state index is 12.1. The lowest BCUT2D eigenvalue weighted by Gasteiger charge is -2.17. The van der Waals surface area contributed by atoms with Crippen LogP contribution >= 0.6 is 15.9 Å². The fourth-order valence-electron chi connectivity index (χ4n) is 2.05. The summed E-state index contributed by atoms with van der Waals surface area (Å²) in [7, 11) is 1.23. The molecule has 9 nitrogen and oxygen atoms in total. The fourth-order valence-corrected chi connectivity index (χ4v) is 2.33. The third kappa shape index (κ3) is 3.29. The van der Waals surface area contributed by atoms with E-state index in [0.717, 1.165) is 0 Å². The highest BCUT2D eigenvalue weighted by Crippen LogP contribution is 2.27. The van der Waals surface area contributed by atoms with Gasteiger partial charge in [0.15, 0.2) is 11.5 Å². The van der Waals surface area contributed by atoms with Gasteiger partial charge in [-0.1, -0.05) is 5.11 Å². The molecule has 0 radical (unpaired) electrons. The molecule has 1 fully saturated rings. The van der Waals surface area contributed by atoms with Gasteiger partial charge in [-0.05, 0) is 27.4 Å². The van der Waals surface area contributed by atoms with Crippen molar-refractivity contribution in [3.05, 3.63) is 26.9 Å². The molecule has 110 valence electrons. The number of carbonyl (C=O) groups excluding carboxylic acids is 2. The third-order valence-electron chi connectivity index (χ3n) is 2.97. The molecule has 0 saturated carbocycles. The van der Waals surface area contributed by atoms with Crippen LogP contribution in [0.4, 0.5) is 5.82 Å². The Kier molecular flexibility index (Phi) is 4.71. The van der Waals surface area contributed by atoms with Crippen molar-refractivity contribution >= 4 is 33.6 Å². The second-order valence-electron chi connectivity index (χ2n) is 4.34. The minimum absolute atomic E-state index is 0.0374. The largest absolute Gasteiger partial charge is 0.464 e. The van der Waals surface area contributed by atoms with E-state index in [4.69, 9.17) is 5.53 Å². The standard InChI is InChI=1S/C11H11BrN6O3/c1-21-11(20)9-10(14-4-7(12)16-9)18-5-6(2-8(18)19)3-15-17-13/h4,6H,2-3,5H2,1H3. The van der Waals surface area contributed by atoms with Gasteiger partial charge in [-0.15, -0.1) is 0 Å². The molecule has 1 aromatic rings. The molecule has 0 N–H and O–H groups in total. The Morgan fingerprint density at radius 2 is 2.48 bits per heavy atom. The zero-order chi connectivity index (χ0) is 15.4. The van der Waals surface area contributed by atoms with Crippen molar-refractivity contribution in [2.45, 2.75) is 6.42 Å². The highest BCUT2D eigenvalue weighted by Gasteiger charge is 2.34. The molecule has 1 unspecified atom stereocenters. The van der Waals surface area contributed by atoms with Gasteiger partial charge in [0, 0.05) is 24.4 Å². The van der Waals surface area contributed by atoms with Crippen molar-refractivity contribution < 1.29 is 14.3 Å². The lowest BCUT2D eigenvalue weighted by Crippen LogP contribution is -2.28. The van der Waals surface area contributed by atoms with Gasteiger partial charge < -0.3 is 4.74 Å². The van der Waals surface area contributed by atoms with Crippen molar-refractivity contribution in [2.24, 2.45) is 11.0 Å². The Hall–Kier alpha value is -2.19. The van der Waals surface area contributed by atoms with Crippen LogP contribution in [-0.4, -0.2) is 42.0 Å². The third-order valence-corrected chi connectivity index (χ3v) is 3.35. The Labute approximate surface area is 128 Å². The molecule has 1 atom stereocenters. The van der Waals surface area contributed by atoms with E-state index in [-0.39, 0.29) is 36.3 Å². The number of halogens is 1. The second kappa shape index (κ2) is 6.51. The highest BCUT2D eigenvalue weighted by molar-refractivity contribution is 9.10. The molecule has 1 amide bonds. The lowest BCUT2D eigenvalue weighted by molar-refractivity contribution is -0.117. The van der Waals surface area contributed by atoms with Crippen LogP contribution in [-0.2, 0) is 9.53 Å². The number of nitrogens with zero attached hydrogens (tertiary/aromatic N) is 6. The zero-order valence-corrected chi connectivity index (χ0v) is 12.6. The minimum Gasteiger partial charge on any atom is -0.464 e. The van der Waals surface area contributed by atoms with Gasteiger partial charge in [-0.2, -0.15) is 0 Å². The van der Waals surface area contributed by atoms with E-state index in [9.17, 15) is 9.59 Å². The van der Waals surface area contributed by atoms with Gasteiger partial charge in [-0.3, -0.25) is 9.69 Å². The van der Waals surface area contributed by atoms with Crippen LogP contribution in [0.15, 0.2) is 15.9 Å². The first-order chi connectivity index (χ1) is 10.1. The van der Waals surface area contributed by atoms with Crippen molar-refractivity contribution in [1.82, 2.24) is 9.97 Å². The van der Waals surface area contributed by atoms with E-state index in [1.54, 1.807) is 0 Å². The van der Waals surface area contributed by atoms with E-state index in [0.29, 0.717) is 11.1 Å². The normalized spacial score (nSPS) is 17.5. The predicted molar refractivity (Wildman–Crippen MR) is 75.5 cm³/mol. The number of rotatable bonds is 4. The topological polar surface area (TPSA) is 121 Å². The molecule has 0 spiro atoms. The van der Waals surface area contributed by atoms with Crippen LogP contribution < -0.4 is 4.90 Å². The van der Waals surface area contributed by atoms with E-state index in [2.05, 4.69) is 40.7 Å². The summed E-state index contributed by atoms with van der Waals surface area (Å²) in [5, 5.41) is 3.47. The quantitative estimate of drug-likeness (QED) is 0.352. The minimum atomic E-state index is -0.676. The molecule has 1 aliphatic heterocycles. The number of methoxy groups -OCH3 is 1. The first-order valence-corrected chi connectivity index (χ1v) is 6.78. The smallest absolute Gasteiger partial charge is 0.360 e. The molecule has 0 aliphatic carbocycles. The summed E-state index contributed by atoms with van der Waals surface area (Å²) in [4.78, 5) is 36.0. The number of hydrogen-bond donors (Lipinski definition) is 0. The van der Waals surface area contributed by atoms with Crippen LogP contribution in [0.1, 0.15) is 16.9 Å². The molecule has 21 heavy (non-hydrogen) atoms. The van der Waals surface area contributed by atoms with Crippen molar-refractivity contribution in [3.8, 4) is 0 Å². The number of amides is 1. The Balaban J connectivity index is 2.31. The van der Waals surface area contributed by atoms with Crippen LogP contribution in [0.2, 0.25) is 0 Å². The number of anilines is 1. The lowest BCUT2D eigenvalue weighted by atomic mass is 10.1. The van der Waals surface area contributed by atoms with E-state index in [1.807, 2.05) is 0 Å². The van der Waals surface area contributed by atoms with Gasteiger partial charge in [-0.25, -0.2) is 14.8 Å². The van der Waals surface area contributed by atoms with Crippen molar-refractivity contribution in [2.75, 3.05) is 25.1 Å². The van der Waals surface area contributed by atoms with Crippen molar-refractivity contribution in [3.63, 3.8) is 0 Å². The summed E-state index contributed by atoms with van der Waals surface area (Å²) in [6.45, 7) is 0.536. The number of aromatic nitrogens is 2. The Morgan fingerprint density at radius 1 is 1.71 bits per heavy atom. The van der Waals surface area contributed by atoms with Gasteiger partial charge in [0.2, 0.25) is 5.91 Å². The van der Waals surface area contributed by atoms with E-state index >= 15 is 0 Å².